The second-order valence-electron chi connectivity index (χ2n) is 18.9. The van der Waals surface area contributed by atoms with Crippen LogP contribution in [-0.4, -0.2) is 74.9 Å². The number of ether oxygens (including phenoxy) is 2. The molecule has 0 aliphatic rings. The molecule has 0 fully saturated rings. The molecule has 0 aliphatic carbocycles. The second kappa shape index (κ2) is 49.6. The Balaban J connectivity index is 3.96. The summed E-state index contributed by atoms with van der Waals surface area (Å²) in [5, 5.41) is 0. The molecular weight excluding hydrogens is 882 g/mol. The molecule has 0 aromatic carbocycles. The van der Waals surface area contributed by atoms with Crippen LogP contribution in [0.3, 0.4) is 0 Å². The lowest BCUT2D eigenvalue weighted by molar-refractivity contribution is -0.870. The monoisotopic (exact) mass is 983 g/mol. The molecule has 2 unspecified atom stereocenters. The van der Waals surface area contributed by atoms with E-state index in [1.807, 2.05) is 21.1 Å². The van der Waals surface area contributed by atoms with E-state index in [0.29, 0.717) is 17.4 Å². The van der Waals surface area contributed by atoms with Gasteiger partial charge in [-0.05, 0) is 83.5 Å². The van der Waals surface area contributed by atoms with Gasteiger partial charge in [0.25, 0.3) is 0 Å². The zero-order valence-electron chi connectivity index (χ0n) is 44.5. The first-order chi connectivity index (χ1) is 33.5. The zero-order chi connectivity index (χ0) is 50.6. The van der Waals surface area contributed by atoms with E-state index < -0.39 is 26.5 Å². The minimum absolute atomic E-state index is 0.0276. The van der Waals surface area contributed by atoms with Gasteiger partial charge in [0.1, 0.15) is 19.8 Å². The lowest BCUT2D eigenvalue weighted by Gasteiger charge is -2.24. The van der Waals surface area contributed by atoms with Gasteiger partial charge < -0.3 is 18.9 Å². The molecule has 9 nitrogen and oxygen atoms in total. The summed E-state index contributed by atoms with van der Waals surface area (Å²) in [4.78, 5) is 35.2. The van der Waals surface area contributed by atoms with E-state index in [4.69, 9.17) is 18.5 Å². The summed E-state index contributed by atoms with van der Waals surface area (Å²) in [5.74, 6) is -0.817. The number of phosphoric acid groups is 1. The van der Waals surface area contributed by atoms with E-state index in [9.17, 15) is 19.0 Å². The van der Waals surface area contributed by atoms with Gasteiger partial charge in [0, 0.05) is 12.8 Å². The number of hydrogen-bond acceptors (Lipinski definition) is 7. The third-order valence-electron chi connectivity index (χ3n) is 11.1. The molecule has 0 saturated carbocycles. The predicted octanol–water partition coefficient (Wildman–Crippen LogP) is 16.6. The molecule has 69 heavy (non-hydrogen) atoms. The molecule has 394 valence electrons. The highest BCUT2D eigenvalue weighted by atomic mass is 31.2. The van der Waals surface area contributed by atoms with Crippen LogP contribution in [0.25, 0.3) is 0 Å². The number of esters is 2. The Morgan fingerprint density at radius 3 is 1.23 bits per heavy atom. The van der Waals surface area contributed by atoms with Crippen LogP contribution >= 0.6 is 7.82 Å². The molecule has 0 heterocycles. The number of carbonyl (C=O) groups excluding carboxylic acids is 2. The van der Waals surface area contributed by atoms with Gasteiger partial charge in [-0.15, -0.1) is 0 Å². The van der Waals surface area contributed by atoms with Crippen LogP contribution in [0, 0.1) is 0 Å². The number of likely N-dealkylation sites (N-methyl/N-ethyl adjacent to an activating group) is 1. The van der Waals surface area contributed by atoms with Gasteiger partial charge in [0.15, 0.2) is 6.10 Å². The highest BCUT2D eigenvalue weighted by Gasteiger charge is 2.27. The van der Waals surface area contributed by atoms with Crippen LogP contribution in [0.2, 0.25) is 0 Å². The van der Waals surface area contributed by atoms with Crippen molar-refractivity contribution in [1.82, 2.24) is 0 Å². The van der Waals surface area contributed by atoms with Crippen LogP contribution in [0.15, 0.2) is 109 Å². The van der Waals surface area contributed by atoms with Gasteiger partial charge in [-0.2, -0.15) is 0 Å². The van der Waals surface area contributed by atoms with Gasteiger partial charge in [-0.3, -0.25) is 18.6 Å². The summed E-state index contributed by atoms with van der Waals surface area (Å²) < 4.78 is 34.2. The Bertz CT molecular complexity index is 1530. The number of unbranched alkanes of at least 4 members (excludes halogenated alkanes) is 16. The Hall–Kier alpha value is -3.33. The first-order valence-corrected chi connectivity index (χ1v) is 28.6. The molecular formula is C59H101NO8P+. The molecule has 1 N–H and O–H groups in total. The van der Waals surface area contributed by atoms with Crippen molar-refractivity contribution in [3.8, 4) is 0 Å². The maximum absolute atomic E-state index is 12.7. The fourth-order valence-corrected chi connectivity index (χ4v) is 7.63. The van der Waals surface area contributed by atoms with E-state index in [-0.39, 0.29) is 32.0 Å². The van der Waals surface area contributed by atoms with Gasteiger partial charge in [-0.25, -0.2) is 4.57 Å². The number of hydrogen-bond donors (Lipinski definition) is 1. The molecule has 0 bridgehead atoms. The van der Waals surface area contributed by atoms with E-state index in [2.05, 4.69) is 123 Å². The molecule has 0 saturated heterocycles. The average molecular weight is 983 g/mol. The molecule has 0 radical (unpaired) electrons. The molecule has 2 atom stereocenters. The number of phosphoric ester groups is 1. The molecule has 0 aromatic rings. The summed E-state index contributed by atoms with van der Waals surface area (Å²) in [5.41, 5.74) is 0. The minimum Gasteiger partial charge on any atom is -0.462 e. The standard InChI is InChI=1S/C59H100NO8P/c1-6-8-10-12-14-15-16-17-18-19-20-21-22-23-24-25-26-27-28-29-30-31-32-33-34-35-36-37-38-39-40-41-42-43-44-45-46-48-50-52-59(62)68-57(55-65-58(61)51-49-47-13-11-9-7-2)56-67-69(63,64)66-54-53-60(3,4)5/h8,10,14-15,17-18,20-21,23-24,26-27,29-30,32-33,35-36,57H,6-7,9,11-13,16,19,22,25,28,31,34,37-56H2,1-5H3/p+1/b10-8-,15-14-,18-17-,21-20-,24-23-,27-26-,30-29-,33-32-,36-35-. The van der Waals surface area contributed by atoms with Crippen molar-refractivity contribution in [2.75, 3.05) is 47.5 Å². The summed E-state index contributed by atoms with van der Waals surface area (Å²) in [6.07, 6.45) is 69.2. The van der Waals surface area contributed by atoms with Crippen LogP contribution in [0.5, 0.6) is 0 Å². The largest absolute Gasteiger partial charge is 0.472 e. The molecule has 10 heteroatoms. The lowest BCUT2D eigenvalue weighted by Crippen LogP contribution is -2.37. The summed E-state index contributed by atoms with van der Waals surface area (Å²) >= 11 is 0. The molecule has 0 rings (SSSR count). The highest BCUT2D eigenvalue weighted by molar-refractivity contribution is 7.47. The average Bonchev–Trinajstić information content (AvgIpc) is 3.31. The Labute approximate surface area is 423 Å². The van der Waals surface area contributed by atoms with E-state index in [1.54, 1.807) is 0 Å². The van der Waals surface area contributed by atoms with Gasteiger partial charge in [0.2, 0.25) is 0 Å². The third-order valence-corrected chi connectivity index (χ3v) is 12.1. The molecule has 0 amide bonds. The third kappa shape index (κ3) is 53.9. The van der Waals surface area contributed by atoms with Gasteiger partial charge in [0.05, 0.1) is 27.7 Å². The van der Waals surface area contributed by atoms with Crippen LogP contribution in [0.4, 0.5) is 0 Å². The van der Waals surface area contributed by atoms with E-state index >= 15 is 0 Å². The minimum atomic E-state index is -4.37. The number of quaternary nitrogens is 1. The lowest BCUT2D eigenvalue weighted by atomic mass is 10.0. The predicted molar refractivity (Wildman–Crippen MR) is 293 cm³/mol. The van der Waals surface area contributed by atoms with Gasteiger partial charge in [-0.1, -0.05) is 213 Å². The number of carbonyl (C=O) groups is 2. The number of rotatable bonds is 48. The van der Waals surface area contributed by atoms with Crippen LogP contribution < -0.4 is 0 Å². The topological polar surface area (TPSA) is 108 Å². The van der Waals surface area contributed by atoms with Crippen molar-refractivity contribution < 1.29 is 42.1 Å². The van der Waals surface area contributed by atoms with E-state index in [0.717, 1.165) is 109 Å². The van der Waals surface area contributed by atoms with Crippen LogP contribution in [0.1, 0.15) is 200 Å². The SMILES string of the molecule is CC/C=C\C/C=C\C/C=C\C/C=C\C/C=C\C/C=C\C/C=C\C/C=C\C/C=C\CCCCCCCCCCCCCC(=O)OC(COC(=O)CCCCCCCC)COP(=O)(O)OCC[N+](C)(C)C. The summed E-state index contributed by atoms with van der Waals surface area (Å²) in [6, 6.07) is 0. The van der Waals surface area contributed by atoms with Crippen molar-refractivity contribution >= 4 is 19.8 Å². The molecule has 0 aliphatic heterocycles. The van der Waals surface area contributed by atoms with E-state index in [1.165, 1.54) is 57.8 Å². The smallest absolute Gasteiger partial charge is 0.462 e. The maximum atomic E-state index is 12.7. The Morgan fingerprint density at radius 1 is 0.464 bits per heavy atom. The second-order valence-corrected chi connectivity index (χ2v) is 20.3. The van der Waals surface area contributed by atoms with Crippen LogP contribution in [-0.2, 0) is 32.7 Å². The summed E-state index contributed by atoms with van der Waals surface area (Å²) in [6.45, 7) is 4.22. The maximum Gasteiger partial charge on any atom is 0.472 e. The quantitative estimate of drug-likeness (QED) is 0.0211. The van der Waals surface area contributed by atoms with Crippen molar-refractivity contribution in [3.63, 3.8) is 0 Å². The molecule has 0 spiro atoms. The fourth-order valence-electron chi connectivity index (χ4n) is 6.89. The normalized spacial score (nSPS) is 14.2. The van der Waals surface area contributed by atoms with Crippen molar-refractivity contribution in [3.05, 3.63) is 109 Å². The van der Waals surface area contributed by atoms with Gasteiger partial charge >= 0.3 is 19.8 Å². The Kier molecular flexibility index (Phi) is 47.2. The first-order valence-electron chi connectivity index (χ1n) is 27.1. The highest BCUT2D eigenvalue weighted by Crippen LogP contribution is 2.43. The fraction of sp³-hybridized carbons (Fsp3) is 0.661. The number of nitrogens with zero attached hydrogens (tertiary/aromatic N) is 1. The van der Waals surface area contributed by atoms with Crippen molar-refractivity contribution in [2.24, 2.45) is 0 Å². The first kappa shape index (κ1) is 65.7. The number of allylic oxidation sites excluding steroid dienone is 18. The Morgan fingerprint density at radius 2 is 0.826 bits per heavy atom. The molecule has 0 aromatic heterocycles. The zero-order valence-corrected chi connectivity index (χ0v) is 45.4. The van der Waals surface area contributed by atoms with Crippen molar-refractivity contribution in [1.29, 1.82) is 0 Å². The van der Waals surface area contributed by atoms with Crippen molar-refractivity contribution in [2.45, 2.75) is 206 Å². The summed E-state index contributed by atoms with van der Waals surface area (Å²) in [7, 11) is 1.46.